The van der Waals surface area contributed by atoms with Gasteiger partial charge in [-0.3, -0.25) is 0 Å². The van der Waals surface area contributed by atoms with Crippen LogP contribution >= 0.6 is 0 Å². The molecule has 0 aliphatic heterocycles. The highest BCUT2D eigenvalue weighted by molar-refractivity contribution is 5.38. The van der Waals surface area contributed by atoms with Crippen molar-refractivity contribution in [2.45, 2.75) is 26.6 Å². The number of ether oxygens (including phenoxy) is 1. The van der Waals surface area contributed by atoms with Crippen molar-refractivity contribution in [2.24, 2.45) is 5.92 Å². The van der Waals surface area contributed by atoms with Gasteiger partial charge in [0.1, 0.15) is 0 Å². The number of hydrogen-bond acceptors (Lipinski definition) is 3. The maximum absolute atomic E-state index is 12.0. The molecule has 0 saturated heterocycles. The number of alkyl halides is 3. The van der Waals surface area contributed by atoms with E-state index >= 15 is 0 Å². The Balaban J connectivity index is 2.28. The summed E-state index contributed by atoms with van der Waals surface area (Å²) in [5.41, 5.74) is 1.32. The summed E-state index contributed by atoms with van der Waals surface area (Å²) in [4.78, 5) is 7.81. The lowest BCUT2D eigenvalue weighted by Crippen LogP contribution is -2.18. The van der Waals surface area contributed by atoms with E-state index in [1.807, 2.05) is 13.8 Å². The van der Waals surface area contributed by atoms with Crippen LogP contribution < -0.4 is 4.74 Å². The summed E-state index contributed by atoms with van der Waals surface area (Å²) >= 11 is 0. The van der Waals surface area contributed by atoms with E-state index in [9.17, 15) is 13.2 Å². The van der Waals surface area contributed by atoms with E-state index < -0.39 is 12.2 Å². The molecule has 0 saturated carbocycles. The van der Waals surface area contributed by atoms with Crippen molar-refractivity contribution < 1.29 is 17.9 Å². The average molecular weight is 259 g/mol. The van der Waals surface area contributed by atoms with E-state index in [1.165, 1.54) is 16.8 Å². The van der Waals surface area contributed by atoms with E-state index in [0.29, 0.717) is 11.6 Å². The minimum absolute atomic E-state index is 0.425. The standard InChI is InChI=1S/C11H12F3N3O/c1-7(2)3-8-5-17-6-10(18-11(12,13)14)15-4-9(17)16-8/h4-7H,3H2,1-2H3. The highest BCUT2D eigenvalue weighted by Crippen LogP contribution is 2.21. The van der Waals surface area contributed by atoms with Crippen molar-refractivity contribution in [1.29, 1.82) is 0 Å². The second-order valence-corrected chi connectivity index (χ2v) is 4.37. The van der Waals surface area contributed by atoms with Crippen molar-refractivity contribution in [3.8, 4) is 5.88 Å². The third kappa shape index (κ3) is 3.12. The molecule has 18 heavy (non-hydrogen) atoms. The molecule has 0 bridgehead atoms. The van der Waals surface area contributed by atoms with Crippen LogP contribution in [0.5, 0.6) is 5.88 Å². The van der Waals surface area contributed by atoms with E-state index in [2.05, 4.69) is 14.7 Å². The number of imidazole rings is 1. The fourth-order valence-corrected chi connectivity index (χ4v) is 1.62. The van der Waals surface area contributed by atoms with Gasteiger partial charge < -0.3 is 9.14 Å². The molecule has 0 aromatic carbocycles. The number of halogens is 3. The fourth-order valence-electron chi connectivity index (χ4n) is 1.62. The largest absolute Gasteiger partial charge is 0.574 e. The summed E-state index contributed by atoms with van der Waals surface area (Å²) in [6, 6.07) is 0. The lowest BCUT2D eigenvalue weighted by Gasteiger charge is -2.07. The smallest absolute Gasteiger partial charge is 0.386 e. The Morgan fingerprint density at radius 2 is 2.06 bits per heavy atom. The maximum Gasteiger partial charge on any atom is 0.574 e. The molecular formula is C11H12F3N3O. The molecule has 4 nitrogen and oxygen atoms in total. The molecule has 0 spiro atoms. The molecule has 7 heteroatoms. The summed E-state index contributed by atoms with van der Waals surface area (Å²) in [6.07, 6.45) is 0.129. The molecule has 2 aromatic rings. The molecule has 0 radical (unpaired) electrons. The van der Waals surface area contributed by atoms with Crippen LogP contribution in [0.3, 0.4) is 0 Å². The second kappa shape index (κ2) is 4.47. The third-order valence-corrected chi connectivity index (χ3v) is 2.21. The van der Waals surface area contributed by atoms with Crippen molar-refractivity contribution in [1.82, 2.24) is 14.4 Å². The van der Waals surface area contributed by atoms with Gasteiger partial charge in [-0.05, 0) is 12.3 Å². The summed E-state index contributed by atoms with van der Waals surface area (Å²) < 4.78 is 41.3. The van der Waals surface area contributed by atoms with Crippen molar-refractivity contribution >= 4 is 5.65 Å². The maximum atomic E-state index is 12.0. The molecule has 0 atom stereocenters. The highest BCUT2D eigenvalue weighted by Gasteiger charge is 2.31. The molecule has 0 fully saturated rings. The van der Waals surface area contributed by atoms with Crippen LogP contribution in [0.25, 0.3) is 5.65 Å². The Labute approximate surface area is 101 Å². The fraction of sp³-hybridized carbons (Fsp3) is 0.455. The van der Waals surface area contributed by atoms with Gasteiger partial charge in [0.05, 0.1) is 18.1 Å². The third-order valence-electron chi connectivity index (χ3n) is 2.21. The van der Waals surface area contributed by atoms with Gasteiger partial charge in [0.15, 0.2) is 5.65 Å². The molecule has 0 aliphatic rings. The molecule has 0 N–H and O–H groups in total. The van der Waals surface area contributed by atoms with Gasteiger partial charge in [-0.25, -0.2) is 9.97 Å². The zero-order valence-electron chi connectivity index (χ0n) is 9.90. The van der Waals surface area contributed by atoms with Crippen LogP contribution in [0.1, 0.15) is 19.5 Å². The van der Waals surface area contributed by atoms with Gasteiger partial charge in [-0.15, -0.1) is 13.2 Å². The molecule has 2 rings (SSSR count). The molecule has 0 unspecified atom stereocenters. The monoisotopic (exact) mass is 259 g/mol. The van der Waals surface area contributed by atoms with Gasteiger partial charge >= 0.3 is 6.36 Å². The van der Waals surface area contributed by atoms with Crippen molar-refractivity contribution in [3.63, 3.8) is 0 Å². The molecule has 0 aliphatic carbocycles. The van der Waals surface area contributed by atoms with Crippen molar-refractivity contribution in [2.75, 3.05) is 0 Å². The molecule has 0 amide bonds. The number of hydrogen-bond donors (Lipinski definition) is 0. The van der Waals surface area contributed by atoms with Crippen LogP contribution in [0.2, 0.25) is 0 Å². The lowest BCUT2D eigenvalue weighted by molar-refractivity contribution is -0.276. The number of nitrogens with zero attached hydrogens (tertiary/aromatic N) is 3. The van der Waals surface area contributed by atoms with Gasteiger partial charge in [0, 0.05) is 6.20 Å². The zero-order chi connectivity index (χ0) is 13.3. The Morgan fingerprint density at radius 3 is 2.67 bits per heavy atom. The zero-order valence-corrected chi connectivity index (χ0v) is 9.90. The van der Waals surface area contributed by atoms with E-state index in [1.54, 1.807) is 6.20 Å². The Kier molecular flexibility index (Phi) is 3.14. The Bertz CT molecular complexity index is 548. The number of rotatable bonds is 3. The van der Waals surface area contributed by atoms with Crippen LogP contribution in [0.15, 0.2) is 18.6 Å². The Morgan fingerprint density at radius 1 is 1.33 bits per heavy atom. The molecule has 98 valence electrons. The van der Waals surface area contributed by atoms with E-state index in [4.69, 9.17) is 0 Å². The number of aromatic nitrogens is 3. The van der Waals surface area contributed by atoms with Crippen LogP contribution in [-0.2, 0) is 6.42 Å². The first-order valence-corrected chi connectivity index (χ1v) is 5.43. The van der Waals surface area contributed by atoms with Gasteiger partial charge in [0.25, 0.3) is 0 Å². The minimum Gasteiger partial charge on any atom is -0.386 e. The number of fused-ring (bicyclic) bond motifs is 1. The second-order valence-electron chi connectivity index (χ2n) is 4.37. The average Bonchev–Trinajstić information content (AvgIpc) is 2.55. The first kappa shape index (κ1) is 12.7. The van der Waals surface area contributed by atoms with Crippen LogP contribution in [0.4, 0.5) is 13.2 Å². The summed E-state index contributed by atoms with van der Waals surface area (Å²) in [5, 5.41) is 0. The van der Waals surface area contributed by atoms with E-state index in [-0.39, 0.29) is 0 Å². The highest BCUT2D eigenvalue weighted by atomic mass is 19.4. The first-order valence-electron chi connectivity index (χ1n) is 5.43. The molecule has 2 aromatic heterocycles. The predicted octanol–water partition coefficient (Wildman–Crippen LogP) is 2.83. The van der Waals surface area contributed by atoms with Crippen LogP contribution in [-0.4, -0.2) is 20.7 Å². The van der Waals surface area contributed by atoms with Crippen molar-refractivity contribution in [3.05, 3.63) is 24.3 Å². The first-order chi connectivity index (χ1) is 8.33. The summed E-state index contributed by atoms with van der Waals surface area (Å²) in [6.45, 7) is 4.08. The minimum atomic E-state index is -4.73. The summed E-state index contributed by atoms with van der Waals surface area (Å²) in [5.74, 6) is -0.0720. The molecular weight excluding hydrogens is 247 g/mol. The topological polar surface area (TPSA) is 39.4 Å². The van der Waals surface area contributed by atoms with Gasteiger partial charge in [0.2, 0.25) is 5.88 Å². The van der Waals surface area contributed by atoms with Gasteiger partial charge in [-0.1, -0.05) is 13.8 Å². The Hall–Kier alpha value is -1.79. The quantitative estimate of drug-likeness (QED) is 0.850. The van der Waals surface area contributed by atoms with Crippen LogP contribution in [0, 0.1) is 5.92 Å². The molecule has 2 heterocycles. The summed E-state index contributed by atoms with van der Waals surface area (Å²) in [7, 11) is 0. The predicted molar refractivity (Wildman–Crippen MR) is 58.2 cm³/mol. The normalized spacial score (nSPS) is 12.3. The van der Waals surface area contributed by atoms with Gasteiger partial charge in [-0.2, -0.15) is 0 Å². The van der Waals surface area contributed by atoms with E-state index in [0.717, 1.165) is 12.1 Å². The lowest BCUT2D eigenvalue weighted by atomic mass is 10.1. The SMILES string of the molecule is CC(C)Cc1cn2cc(OC(F)(F)F)ncc2n1.